The number of benzene rings is 3. The first-order chi connectivity index (χ1) is 21.8. The lowest BCUT2D eigenvalue weighted by Gasteiger charge is -2.42. The molecule has 0 saturated carbocycles. The number of nitrogens with zero attached hydrogens (tertiary/aromatic N) is 1. The van der Waals surface area contributed by atoms with E-state index in [1.54, 1.807) is 37.3 Å². The van der Waals surface area contributed by atoms with Gasteiger partial charge in [-0.05, 0) is 78.4 Å². The van der Waals surface area contributed by atoms with Gasteiger partial charge in [-0.2, -0.15) is 13.2 Å². The van der Waals surface area contributed by atoms with E-state index in [-0.39, 0.29) is 33.8 Å². The molecule has 246 valence electrons. The van der Waals surface area contributed by atoms with Crippen molar-refractivity contribution in [2.24, 2.45) is 11.7 Å². The summed E-state index contributed by atoms with van der Waals surface area (Å²) >= 11 is 0. The van der Waals surface area contributed by atoms with Gasteiger partial charge in [0.05, 0.1) is 35.5 Å². The lowest BCUT2D eigenvalue weighted by Crippen LogP contribution is -2.49. The first-order valence-electron chi connectivity index (χ1n) is 15.3. The van der Waals surface area contributed by atoms with Gasteiger partial charge >= 0.3 is 6.18 Å². The molecule has 3 N–H and O–H groups in total. The van der Waals surface area contributed by atoms with Crippen LogP contribution in [0.1, 0.15) is 70.6 Å². The minimum atomic E-state index is -4.45. The first-order valence-corrected chi connectivity index (χ1v) is 16.9. The highest BCUT2D eigenvalue weighted by molar-refractivity contribution is 7.91. The molecule has 2 unspecified atom stereocenters. The normalized spacial score (nSPS) is 21.2. The fraction of sp³-hybridized carbons (Fsp3) is 0.412. The van der Waals surface area contributed by atoms with Crippen molar-refractivity contribution >= 4 is 27.2 Å². The summed E-state index contributed by atoms with van der Waals surface area (Å²) in [6, 6.07) is 15.6. The van der Waals surface area contributed by atoms with Gasteiger partial charge in [-0.3, -0.25) is 9.59 Å². The Bertz CT molecular complexity index is 1670. The zero-order valence-corrected chi connectivity index (χ0v) is 26.2. The van der Waals surface area contributed by atoms with E-state index in [4.69, 9.17) is 10.5 Å². The van der Waals surface area contributed by atoms with Crippen molar-refractivity contribution in [2.75, 3.05) is 37.0 Å². The van der Waals surface area contributed by atoms with E-state index in [0.717, 1.165) is 17.7 Å². The van der Waals surface area contributed by atoms with Gasteiger partial charge in [0, 0.05) is 42.2 Å². The molecule has 1 amide bonds. The van der Waals surface area contributed by atoms with E-state index in [9.17, 15) is 36.3 Å². The average Bonchev–Trinajstić information content (AvgIpc) is 3.60. The second-order valence-corrected chi connectivity index (χ2v) is 14.1. The van der Waals surface area contributed by atoms with Crippen LogP contribution in [0.25, 0.3) is 0 Å². The number of rotatable bonds is 10. The number of Topliss-reactive ketones (excluding diaryl/α,β-unsaturated/α-hetero) is 1. The van der Waals surface area contributed by atoms with Crippen LogP contribution in [0.4, 0.5) is 18.9 Å². The maximum absolute atomic E-state index is 13.8. The van der Waals surface area contributed by atoms with Crippen LogP contribution in [0.5, 0.6) is 0 Å². The summed E-state index contributed by atoms with van der Waals surface area (Å²) in [4.78, 5) is 28.4. The summed E-state index contributed by atoms with van der Waals surface area (Å²) in [5, 5.41) is 10.5. The van der Waals surface area contributed by atoms with Crippen molar-refractivity contribution in [1.29, 1.82) is 0 Å². The molecule has 0 radical (unpaired) electrons. The highest BCUT2D eigenvalue weighted by Gasteiger charge is 2.39. The number of ether oxygens (including phenoxy) is 1. The Balaban J connectivity index is 1.54. The molecule has 2 aliphatic rings. The number of nitrogens with two attached hydrogens (primary N) is 1. The van der Waals surface area contributed by atoms with Crippen LogP contribution in [0.2, 0.25) is 0 Å². The number of hydrogen-bond acceptors (Lipinski definition) is 7. The molecular weight excluding hydrogens is 621 g/mol. The van der Waals surface area contributed by atoms with Gasteiger partial charge in [-0.1, -0.05) is 31.2 Å². The Labute approximate surface area is 266 Å². The van der Waals surface area contributed by atoms with Crippen LogP contribution in [0, 0.1) is 5.92 Å². The molecule has 0 spiro atoms. The van der Waals surface area contributed by atoms with Gasteiger partial charge in [0.2, 0.25) is 5.91 Å². The zero-order chi connectivity index (χ0) is 33.2. The van der Waals surface area contributed by atoms with Crippen LogP contribution < -0.4 is 10.6 Å². The summed E-state index contributed by atoms with van der Waals surface area (Å²) < 4.78 is 69.9. The van der Waals surface area contributed by atoms with Crippen molar-refractivity contribution in [3.8, 4) is 0 Å². The Morgan fingerprint density at radius 1 is 1.02 bits per heavy atom. The molecule has 2 aliphatic heterocycles. The molecule has 0 aliphatic carbocycles. The van der Waals surface area contributed by atoms with Crippen molar-refractivity contribution in [3.63, 3.8) is 0 Å². The summed E-state index contributed by atoms with van der Waals surface area (Å²) in [6.07, 6.45) is -2.80. The van der Waals surface area contributed by atoms with Crippen molar-refractivity contribution in [2.45, 2.75) is 55.1 Å². The molecular formula is C34H37F3N2O6S. The largest absolute Gasteiger partial charge is 0.416 e. The van der Waals surface area contributed by atoms with E-state index in [1.807, 2.05) is 4.90 Å². The van der Waals surface area contributed by atoms with Gasteiger partial charge in [0.25, 0.3) is 0 Å². The third kappa shape index (κ3) is 6.98. The fourth-order valence-electron chi connectivity index (χ4n) is 6.50. The molecule has 0 aromatic heterocycles. The minimum absolute atomic E-state index is 0.0235. The maximum Gasteiger partial charge on any atom is 0.416 e. The molecule has 3 aromatic carbocycles. The SMILES string of the molecule is CCS(=O)(=O)c1ccc([C@@H](CO)c2cc(N3CC(c4ccc(C(F)(F)F)cc4)CC[C@H]3C(=O)C3CCOC3)ccc2C(N)=O)cc1. The van der Waals surface area contributed by atoms with Crippen molar-refractivity contribution in [1.82, 2.24) is 0 Å². The molecule has 12 heteroatoms. The summed E-state index contributed by atoms with van der Waals surface area (Å²) in [7, 11) is -3.45. The smallest absolute Gasteiger partial charge is 0.395 e. The molecule has 8 nitrogen and oxygen atoms in total. The van der Waals surface area contributed by atoms with Crippen LogP contribution in [-0.4, -0.2) is 63.4 Å². The summed E-state index contributed by atoms with van der Waals surface area (Å²) in [5.74, 6) is -1.96. The third-order valence-corrected chi connectivity index (χ3v) is 10.9. The van der Waals surface area contributed by atoms with E-state index in [1.165, 1.54) is 24.3 Å². The highest BCUT2D eigenvalue weighted by atomic mass is 32.2. The second kappa shape index (κ2) is 13.5. The molecule has 2 saturated heterocycles. The fourth-order valence-corrected chi connectivity index (χ4v) is 7.38. The topological polar surface area (TPSA) is 127 Å². The number of hydrogen-bond donors (Lipinski definition) is 2. The van der Waals surface area contributed by atoms with Gasteiger partial charge in [-0.15, -0.1) is 0 Å². The maximum atomic E-state index is 13.8. The number of anilines is 1. The Kier molecular flexibility index (Phi) is 9.90. The predicted molar refractivity (Wildman–Crippen MR) is 167 cm³/mol. The van der Waals surface area contributed by atoms with E-state index in [0.29, 0.717) is 55.8 Å². The summed E-state index contributed by atoms with van der Waals surface area (Å²) in [5.41, 5.74) is 7.46. The van der Waals surface area contributed by atoms with Crippen molar-refractivity contribution in [3.05, 3.63) is 94.5 Å². The number of alkyl halides is 3. The molecule has 0 bridgehead atoms. The van der Waals surface area contributed by atoms with Crippen LogP contribution in [-0.2, 0) is 25.5 Å². The molecule has 3 aromatic rings. The number of aliphatic hydroxyl groups excluding tert-OH is 1. The van der Waals surface area contributed by atoms with Gasteiger partial charge in [0.1, 0.15) is 0 Å². The Morgan fingerprint density at radius 3 is 2.28 bits per heavy atom. The number of sulfone groups is 1. The number of amides is 1. The number of halogens is 3. The molecule has 2 heterocycles. The number of carbonyl (C=O) groups is 2. The Hall–Kier alpha value is -3.74. The zero-order valence-electron chi connectivity index (χ0n) is 25.4. The van der Waals surface area contributed by atoms with Crippen LogP contribution >= 0.6 is 0 Å². The van der Waals surface area contributed by atoms with Gasteiger partial charge in [-0.25, -0.2) is 8.42 Å². The van der Waals surface area contributed by atoms with Gasteiger partial charge in [0.15, 0.2) is 15.6 Å². The first kappa shape index (κ1) is 33.6. The standard InChI is InChI=1S/C34H37F3N2O6S/c1-2-46(43,44)27-11-5-22(6-12-27)30(19-40)29-17-26(10-13-28(29)33(38)42)39-18-23(21-3-8-25(9-4-21)34(35,36)37)7-14-31(39)32(41)24-15-16-45-20-24/h3-6,8-13,17,23-24,30-31,40H,2,7,14-16,18-20H2,1H3,(H2,38,42)/t23?,24?,30-,31+/m1/s1. The highest BCUT2D eigenvalue weighted by Crippen LogP contribution is 2.39. The minimum Gasteiger partial charge on any atom is -0.395 e. The monoisotopic (exact) mass is 658 g/mol. The molecule has 46 heavy (non-hydrogen) atoms. The van der Waals surface area contributed by atoms with Crippen LogP contribution in [0.3, 0.4) is 0 Å². The van der Waals surface area contributed by atoms with Crippen molar-refractivity contribution < 1.29 is 41.0 Å². The number of piperidine rings is 1. The number of primary amides is 1. The molecule has 5 rings (SSSR count). The quantitative estimate of drug-likeness (QED) is 0.311. The van der Waals surface area contributed by atoms with Gasteiger partial charge < -0.3 is 20.5 Å². The molecule has 2 fully saturated rings. The lowest BCUT2D eigenvalue weighted by molar-refractivity contribution is -0.137. The second-order valence-electron chi connectivity index (χ2n) is 11.9. The van der Waals surface area contributed by atoms with E-state index < -0.39 is 46.1 Å². The lowest BCUT2D eigenvalue weighted by atomic mass is 9.82. The molecule has 4 atom stereocenters. The number of aliphatic hydroxyl groups is 1. The third-order valence-electron chi connectivity index (χ3n) is 9.16. The van der Waals surface area contributed by atoms with E-state index in [2.05, 4.69) is 0 Å². The average molecular weight is 659 g/mol. The summed E-state index contributed by atoms with van der Waals surface area (Å²) in [6.45, 7) is 2.28. The Morgan fingerprint density at radius 2 is 1.72 bits per heavy atom. The van der Waals surface area contributed by atoms with Crippen LogP contribution in [0.15, 0.2) is 71.6 Å². The number of ketones is 1. The predicted octanol–water partition coefficient (Wildman–Crippen LogP) is 5.08. The van der Waals surface area contributed by atoms with E-state index >= 15 is 0 Å². The number of carbonyl (C=O) groups excluding carboxylic acids is 2.